The highest BCUT2D eigenvalue weighted by molar-refractivity contribution is 5.30. The van der Waals surface area contributed by atoms with Crippen molar-refractivity contribution in [2.75, 3.05) is 19.6 Å². The Balaban J connectivity index is 1.33. The van der Waals surface area contributed by atoms with Gasteiger partial charge in [-0.05, 0) is 66.0 Å². The molecular weight excluding hydrogens is 360 g/mol. The van der Waals surface area contributed by atoms with E-state index < -0.39 is 11.4 Å². The minimum absolute atomic E-state index is 0.173. The van der Waals surface area contributed by atoms with Gasteiger partial charge in [-0.25, -0.2) is 8.78 Å². The Morgan fingerprint density at radius 1 is 1.07 bits per heavy atom. The molecule has 0 bridgehead atoms. The Bertz CT molecular complexity index is 825. The molecule has 1 heterocycles. The fourth-order valence-corrected chi connectivity index (χ4v) is 5.16. The molecule has 0 amide bonds. The van der Waals surface area contributed by atoms with Crippen molar-refractivity contribution in [3.8, 4) is 5.75 Å². The van der Waals surface area contributed by atoms with E-state index in [0.29, 0.717) is 18.3 Å². The van der Waals surface area contributed by atoms with Crippen LogP contribution in [0.1, 0.15) is 36.8 Å². The largest absolute Gasteiger partial charge is 0.505 e. The second-order valence-electron chi connectivity index (χ2n) is 8.79. The monoisotopic (exact) mass is 387 g/mol. The molecule has 2 fully saturated rings. The van der Waals surface area contributed by atoms with Crippen LogP contribution in [0.2, 0.25) is 0 Å². The lowest BCUT2D eigenvalue weighted by atomic mass is 9.91. The first kappa shape index (κ1) is 19.3. The number of hydrogen-bond acceptors (Lipinski definition) is 3. The highest BCUT2D eigenvalue weighted by Crippen LogP contribution is 2.45. The second kappa shape index (κ2) is 7.45. The molecule has 150 valence electrons. The predicted octanol–water partition coefficient (Wildman–Crippen LogP) is 4.09. The van der Waals surface area contributed by atoms with Gasteiger partial charge in [-0.3, -0.25) is 0 Å². The molecule has 4 atom stereocenters. The van der Waals surface area contributed by atoms with E-state index in [1.54, 1.807) is 18.2 Å². The lowest BCUT2D eigenvalue weighted by molar-refractivity contribution is 0.0353. The summed E-state index contributed by atoms with van der Waals surface area (Å²) in [5.41, 5.74) is 1.16. The zero-order valence-electron chi connectivity index (χ0n) is 16.1. The van der Waals surface area contributed by atoms with Gasteiger partial charge in [-0.1, -0.05) is 25.1 Å². The molecule has 1 aliphatic carbocycles. The second-order valence-corrected chi connectivity index (χ2v) is 8.79. The maximum Gasteiger partial charge on any atom is 0.165 e. The van der Waals surface area contributed by atoms with Crippen molar-refractivity contribution in [2.45, 2.75) is 37.7 Å². The zero-order valence-corrected chi connectivity index (χ0v) is 16.1. The van der Waals surface area contributed by atoms with Gasteiger partial charge >= 0.3 is 0 Å². The third kappa shape index (κ3) is 4.06. The van der Waals surface area contributed by atoms with Crippen LogP contribution in [0.25, 0.3) is 0 Å². The molecule has 2 aliphatic rings. The summed E-state index contributed by atoms with van der Waals surface area (Å²) < 4.78 is 26.7. The molecule has 1 unspecified atom stereocenters. The first-order chi connectivity index (χ1) is 13.3. The van der Waals surface area contributed by atoms with Crippen molar-refractivity contribution < 1.29 is 19.0 Å². The number of halogens is 2. The normalized spacial score (nSPS) is 28.4. The standard InChI is InChI=1S/C23H27F2NO2/c1-15(17-4-7-22(27)21(25)8-17)12-26-13-18-10-23(28,11-19(18)14-26)9-16-2-5-20(24)6-3-16/h2-8,15,18-19,27-28H,9-14H2,1H3/t15?,18-,19+,23-. The summed E-state index contributed by atoms with van der Waals surface area (Å²) in [7, 11) is 0. The van der Waals surface area contributed by atoms with Crippen LogP contribution in [0.3, 0.4) is 0 Å². The lowest BCUT2D eigenvalue weighted by Gasteiger charge is -2.27. The quantitative estimate of drug-likeness (QED) is 0.812. The molecule has 4 rings (SSSR count). The zero-order chi connectivity index (χ0) is 19.9. The van der Waals surface area contributed by atoms with Crippen LogP contribution in [-0.4, -0.2) is 40.3 Å². The van der Waals surface area contributed by atoms with Crippen molar-refractivity contribution >= 4 is 0 Å². The number of rotatable bonds is 5. The minimum Gasteiger partial charge on any atom is -0.505 e. The van der Waals surface area contributed by atoms with Crippen LogP contribution < -0.4 is 0 Å². The fourth-order valence-electron chi connectivity index (χ4n) is 5.16. The summed E-state index contributed by atoms with van der Waals surface area (Å²) in [6, 6.07) is 11.0. The Morgan fingerprint density at radius 2 is 1.71 bits per heavy atom. The molecule has 2 aromatic carbocycles. The summed E-state index contributed by atoms with van der Waals surface area (Å²) in [5, 5.41) is 20.4. The molecular formula is C23H27F2NO2. The maximum atomic E-state index is 13.6. The van der Waals surface area contributed by atoms with Gasteiger partial charge in [0.05, 0.1) is 5.60 Å². The van der Waals surface area contributed by atoms with Gasteiger partial charge in [-0.2, -0.15) is 0 Å². The smallest absolute Gasteiger partial charge is 0.165 e. The lowest BCUT2D eigenvalue weighted by Crippen LogP contribution is -2.33. The van der Waals surface area contributed by atoms with Crippen molar-refractivity contribution in [1.29, 1.82) is 0 Å². The average molecular weight is 387 g/mol. The Morgan fingerprint density at radius 3 is 2.32 bits per heavy atom. The van der Waals surface area contributed by atoms with E-state index in [4.69, 9.17) is 0 Å². The summed E-state index contributed by atoms with van der Waals surface area (Å²) in [4.78, 5) is 2.40. The van der Waals surface area contributed by atoms with E-state index >= 15 is 0 Å². The van der Waals surface area contributed by atoms with Gasteiger partial charge in [0.25, 0.3) is 0 Å². The number of aromatic hydroxyl groups is 1. The van der Waals surface area contributed by atoms with Gasteiger partial charge in [0.1, 0.15) is 5.82 Å². The molecule has 1 saturated heterocycles. The van der Waals surface area contributed by atoms with Crippen molar-refractivity contribution in [1.82, 2.24) is 4.90 Å². The third-order valence-electron chi connectivity index (χ3n) is 6.46. The molecule has 1 saturated carbocycles. The van der Waals surface area contributed by atoms with Crippen LogP contribution >= 0.6 is 0 Å². The number of benzene rings is 2. The third-order valence-corrected chi connectivity index (χ3v) is 6.46. The SMILES string of the molecule is CC(CN1C[C@@H]2C[C@@](O)(Cc3ccc(F)cc3)C[C@@H]2C1)c1ccc(O)c(F)c1. The number of nitrogens with zero attached hydrogens (tertiary/aromatic N) is 1. The molecule has 0 radical (unpaired) electrons. The Hall–Kier alpha value is -1.98. The first-order valence-corrected chi connectivity index (χ1v) is 9.99. The molecule has 28 heavy (non-hydrogen) atoms. The molecule has 5 heteroatoms. The van der Waals surface area contributed by atoms with Gasteiger partial charge in [0, 0.05) is 26.1 Å². The van der Waals surface area contributed by atoms with Gasteiger partial charge < -0.3 is 15.1 Å². The van der Waals surface area contributed by atoms with Crippen LogP contribution in [-0.2, 0) is 6.42 Å². The topological polar surface area (TPSA) is 43.7 Å². The molecule has 0 spiro atoms. The highest BCUT2D eigenvalue weighted by atomic mass is 19.1. The number of hydrogen-bond donors (Lipinski definition) is 2. The van der Waals surface area contributed by atoms with Crippen LogP contribution in [0.5, 0.6) is 5.75 Å². The summed E-state index contributed by atoms with van der Waals surface area (Å²) in [5.74, 6) is -0.0340. The van der Waals surface area contributed by atoms with E-state index in [2.05, 4.69) is 11.8 Å². The van der Waals surface area contributed by atoms with E-state index in [1.807, 2.05) is 0 Å². The van der Waals surface area contributed by atoms with Crippen molar-refractivity contribution in [3.05, 3.63) is 65.2 Å². The van der Waals surface area contributed by atoms with Gasteiger partial charge in [0.15, 0.2) is 11.6 Å². The first-order valence-electron chi connectivity index (χ1n) is 9.99. The van der Waals surface area contributed by atoms with Crippen LogP contribution in [0.4, 0.5) is 8.78 Å². The Labute approximate surface area is 164 Å². The summed E-state index contributed by atoms with van der Waals surface area (Å²) >= 11 is 0. The van der Waals surface area contributed by atoms with Crippen LogP contribution in [0.15, 0.2) is 42.5 Å². The maximum absolute atomic E-state index is 13.6. The van der Waals surface area contributed by atoms with E-state index in [0.717, 1.165) is 43.6 Å². The average Bonchev–Trinajstić information content (AvgIpc) is 3.13. The van der Waals surface area contributed by atoms with Crippen LogP contribution in [0, 0.1) is 23.5 Å². The predicted molar refractivity (Wildman–Crippen MR) is 104 cm³/mol. The molecule has 2 N–H and O–H groups in total. The number of phenols is 1. The number of phenolic OH excluding ortho intramolecular Hbond substituents is 1. The van der Waals surface area contributed by atoms with E-state index in [1.165, 1.54) is 24.3 Å². The fraction of sp³-hybridized carbons (Fsp3) is 0.478. The Kier molecular flexibility index (Phi) is 5.15. The van der Waals surface area contributed by atoms with Crippen molar-refractivity contribution in [2.24, 2.45) is 11.8 Å². The molecule has 1 aliphatic heterocycles. The molecule has 3 nitrogen and oxygen atoms in total. The van der Waals surface area contributed by atoms with Gasteiger partial charge in [0.2, 0.25) is 0 Å². The molecule has 0 aromatic heterocycles. The number of fused-ring (bicyclic) bond motifs is 1. The highest BCUT2D eigenvalue weighted by Gasteiger charge is 2.48. The number of aliphatic hydroxyl groups is 1. The van der Waals surface area contributed by atoms with Crippen molar-refractivity contribution in [3.63, 3.8) is 0 Å². The summed E-state index contributed by atoms with van der Waals surface area (Å²) in [6.07, 6.45) is 2.12. The minimum atomic E-state index is -0.703. The van der Waals surface area contributed by atoms with E-state index in [9.17, 15) is 19.0 Å². The van der Waals surface area contributed by atoms with E-state index in [-0.39, 0.29) is 17.5 Å². The molecule has 2 aromatic rings. The number of likely N-dealkylation sites (tertiary alicyclic amines) is 1. The van der Waals surface area contributed by atoms with Gasteiger partial charge in [-0.15, -0.1) is 0 Å². The summed E-state index contributed by atoms with van der Waals surface area (Å²) in [6.45, 7) is 4.81.